The van der Waals surface area contributed by atoms with Crippen molar-refractivity contribution in [1.82, 2.24) is 0 Å². The highest BCUT2D eigenvalue weighted by Crippen LogP contribution is 2.43. The van der Waals surface area contributed by atoms with Crippen LogP contribution >= 0.6 is 0 Å². The summed E-state index contributed by atoms with van der Waals surface area (Å²) in [5, 5.41) is 0. The van der Waals surface area contributed by atoms with Crippen molar-refractivity contribution in [2.24, 2.45) is 0 Å². The number of hydrogen-bond donors (Lipinski definition) is 0. The maximum atomic E-state index is 12.0. The maximum absolute atomic E-state index is 12.0. The van der Waals surface area contributed by atoms with Gasteiger partial charge in [0.05, 0.1) is 19.6 Å². The third-order valence-electron chi connectivity index (χ3n) is 4.46. The molecule has 1 aromatic rings. The molecule has 2 atom stereocenters. The minimum atomic E-state index is -0.657. The molecule has 5 heteroatoms. The molecule has 1 aromatic carbocycles. The lowest BCUT2D eigenvalue weighted by Gasteiger charge is -2.24. The number of esters is 1. The van der Waals surface area contributed by atoms with Gasteiger partial charge < -0.3 is 18.9 Å². The smallest absolute Gasteiger partial charge is 0.307 e. The molecule has 25 heavy (non-hydrogen) atoms. The number of fused-ring (bicyclic) bond motifs is 1. The van der Waals surface area contributed by atoms with Gasteiger partial charge in [-0.15, -0.1) is 5.92 Å². The van der Waals surface area contributed by atoms with E-state index in [0.717, 1.165) is 31.4 Å². The van der Waals surface area contributed by atoms with Gasteiger partial charge in [-0.3, -0.25) is 4.79 Å². The summed E-state index contributed by atoms with van der Waals surface area (Å²) in [4.78, 5) is 12.0. The highest BCUT2D eigenvalue weighted by atomic mass is 16.7. The molecular formula is C20H24O5. The Bertz CT molecular complexity index is 681. The van der Waals surface area contributed by atoms with Crippen LogP contribution in [-0.4, -0.2) is 32.1 Å². The molecule has 0 aromatic heterocycles. The van der Waals surface area contributed by atoms with E-state index in [1.165, 1.54) is 0 Å². The molecule has 2 unspecified atom stereocenters. The molecule has 2 heterocycles. The van der Waals surface area contributed by atoms with Gasteiger partial charge in [0.25, 0.3) is 0 Å². The first-order valence-corrected chi connectivity index (χ1v) is 8.82. The summed E-state index contributed by atoms with van der Waals surface area (Å²) in [7, 11) is 0. The van der Waals surface area contributed by atoms with E-state index in [0.29, 0.717) is 24.7 Å². The van der Waals surface area contributed by atoms with Gasteiger partial charge in [-0.05, 0) is 38.8 Å². The fraction of sp³-hybridized carbons (Fsp3) is 0.550. The summed E-state index contributed by atoms with van der Waals surface area (Å²) in [6, 6.07) is 5.68. The van der Waals surface area contributed by atoms with E-state index in [2.05, 4.69) is 11.8 Å². The number of hydrogen-bond acceptors (Lipinski definition) is 5. The SMILES string of the molecule is CC#CC1(CC(=O)OCC)COc2cc(OC3CCCCO3)ccc21. The zero-order chi connectivity index (χ0) is 17.7. The van der Waals surface area contributed by atoms with Crippen LogP contribution in [0.5, 0.6) is 11.5 Å². The Balaban J connectivity index is 1.80. The molecule has 0 aliphatic carbocycles. The number of ether oxygens (including phenoxy) is 4. The third kappa shape index (κ3) is 3.91. The van der Waals surface area contributed by atoms with Gasteiger partial charge in [-0.1, -0.05) is 5.92 Å². The van der Waals surface area contributed by atoms with Crippen molar-refractivity contribution in [2.45, 2.75) is 51.2 Å². The zero-order valence-electron chi connectivity index (χ0n) is 14.8. The molecule has 0 spiro atoms. The van der Waals surface area contributed by atoms with E-state index < -0.39 is 5.41 Å². The second-order valence-electron chi connectivity index (χ2n) is 6.30. The second kappa shape index (κ2) is 7.79. The predicted octanol–water partition coefficient (Wildman–Crippen LogP) is 3.20. The van der Waals surface area contributed by atoms with Crippen molar-refractivity contribution in [3.63, 3.8) is 0 Å². The van der Waals surface area contributed by atoms with Crippen LogP contribution in [0.15, 0.2) is 18.2 Å². The van der Waals surface area contributed by atoms with E-state index in [1.807, 2.05) is 18.2 Å². The first kappa shape index (κ1) is 17.6. The van der Waals surface area contributed by atoms with Crippen molar-refractivity contribution in [3.05, 3.63) is 23.8 Å². The Morgan fingerprint density at radius 3 is 3.00 bits per heavy atom. The topological polar surface area (TPSA) is 54.0 Å². The van der Waals surface area contributed by atoms with E-state index in [4.69, 9.17) is 18.9 Å². The lowest BCUT2D eigenvalue weighted by molar-refractivity contribution is -0.144. The minimum absolute atomic E-state index is 0.181. The highest BCUT2D eigenvalue weighted by Gasteiger charge is 2.42. The van der Waals surface area contributed by atoms with Crippen LogP contribution in [0.4, 0.5) is 0 Å². The lowest BCUT2D eigenvalue weighted by atomic mass is 9.80. The maximum Gasteiger partial charge on any atom is 0.307 e. The number of benzene rings is 1. The van der Waals surface area contributed by atoms with Crippen LogP contribution in [-0.2, 0) is 19.7 Å². The summed E-state index contributed by atoms with van der Waals surface area (Å²) in [5.74, 6) is 7.25. The van der Waals surface area contributed by atoms with Crippen LogP contribution in [0.3, 0.4) is 0 Å². The number of carbonyl (C=O) groups is 1. The van der Waals surface area contributed by atoms with Crippen molar-refractivity contribution >= 4 is 5.97 Å². The largest absolute Gasteiger partial charge is 0.491 e. The van der Waals surface area contributed by atoms with Gasteiger partial charge in [0.15, 0.2) is 6.29 Å². The number of rotatable bonds is 5. The van der Waals surface area contributed by atoms with Crippen molar-refractivity contribution in [2.75, 3.05) is 19.8 Å². The molecule has 0 N–H and O–H groups in total. The molecular weight excluding hydrogens is 320 g/mol. The summed E-state index contributed by atoms with van der Waals surface area (Å²) in [6.45, 7) is 5.00. The molecule has 1 saturated heterocycles. The first-order valence-electron chi connectivity index (χ1n) is 8.82. The molecule has 0 saturated carbocycles. The first-order chi connectivity index (χ1) is 12.2. The number of carbonyl (C=O) groups excluding carboxylic acids is 1. The zero-order valence-corrected chi connectivity index (χ0v) is 14.8. The Morgan fingerprint density at radius 1 is 1.40 bits per heavy atom. The summed E-state index contributed by atoms with van der Waals surface area (Å²) in [6.07, 6.45) is 3.07. The lowest BCUT2D eigenvalue weighted by Crippen LogP contribution is -2.30. The van der Waals surface area contributed by atoms with E-state index in [9.17, 15) is 4.79 Å². The monoisotopic (exact) mass is 344 g/mol. The van der Waals surface area contributed by atoms with E-state index in [-0.39, 0.29) is 18.7 Å². The molecule has 0 bridgehead atoms. The van der Waals surface area contributed by atoms with Crippen LogP contribution in [0.25, 0.3) is 0 Å². The Morgan fingerprint density at radius 2 is 2.28 bits per heavy atom. The quantitative estimate of drug-likeness (QED) is 0.606. The third-order valence-corrected chi connectivity index (χ3v) is 4.46. The van der Waals surface area contributed by atoms with Crippen LogP contribution in [0, 0.1) is 11.8 Å². The molecule has 0 radical (unpaired) electrons. The van der Waals surface area contributed by atoms with Crippen molar-refractivity contribution in [1.29, 1.82) is 0 Å². The molecule has 2 aliphatic rings. The van der Waals surface area contributed by atoms with Gasteiger partial charge in [-0.25, -0.2) is 0 Å². The Kier molecular flexibility index (Phi) is 5.50. The van der Waals surface area contributed by atoms with E-state index in [1.54, 1.807) is 13.8 Å². The van der Waals surface area contributed by atoms with Gasteiger partial charge in [-0.2, -0.15) is 0 Å². The molecule has 5 nitrogen and oxygen atoms in total. The fourth-order valence-corrected chi connectivity index (χ4v) is 3.32. The molecule has 1 fully saturated rings. The predicted molar refractivity (Wildman–Crippen MR) is 92.5 cm³/mol. The van der Waals surface area contributed by atoms with Gasteiger partial charge in [0.2, 0.25) is 0 Å². The van der Waals surface area contributed by atoms with Gasteiger partial charge in [0, 0.05) is 18.1 Å². The average molecular weight is 344 g/mol. The van der Waals surface area contributed by atoms with E-state index >= 15 is 0 Å². The Labute approximate surface area is 148 Å². The molecule has 134 valence electrons. The van der Waals surface area contributed by atoms with Gasteiger partial charge in [0.1, 0.15) is 23.5 Å². The summed E-state index contributed by atoms with van der Waals surface area (Å²) in [5.41, 5.74) is 0.253. The fourth-order valence-electron chi connectivity index (χ4n) is 3.32. The van der Waals surface area contributed by atoms with Crippen molar-refractivity contribution in [3.8, 4) is 23.3 Å². The van der Waals surface area contributed by atoms with Crippen molar-refractivity contribution < 1.29 is 23.7 Å². The second-order valence-corrected chi connectivity index (χ2v) is 6.30. The minimum Gasteiger partial charge on any atom is -0.491 e. The van der Waals surface area contributed by atoms with Gasteiger partial charge >= 0.3 is 5.97 Å². The molecule has 3 rings (SSSR count). The Hall–Kier alpha value is -2.19. The summed E-state index contributed by atoms with van der Waals surface area (Å²) < 4.78 is 22.5. The highest BCUT2D eigenvalue weighted by molar-refractivity contribution is 5.74. The van der Waals surface area contributed by atoms with Crippen LogP contribution in [0.1, 0.15) is 45.1 Å². The van der Waals surface area contributed by atoms with Crippen LogP contribution in [0.2, 0.25) is 0 Å². The van der Waals surface area contributed by atoms with Crippen LogP contribution < -0.4 is 9.47 Å². The molecule has 0 amide bonds. The average Bonchev–Trinajstić information content (AvgIpc) is 2.94. The standard InChI is InChI=1S/C20H24O5/c1-3-10-20(13-18(21)22-4-2)14-24-17-12-15(8-9-16(17)20)25-19-7-5-6-11-23-19/h8-9,12,19H,4-7,11,13-14H2,1-2H3. The summed E-state index contributed by atoms with van der Waals surface area (Å²) >= 11 is 0. The normalized spacial score (nSPS) is 24.5. The molecule has 2 aliphatic heterocycles.